The van der Waals surface area contributed by atoms with Crippen molar-refractivity contribution in [2.24, 2.45) is 35.5 Å². The summed E-state index contributed by atoms with van der Waals surface area (Å²) in [5.41, 5.74) is 1.48. The van der Waals surface area contributed by atoms with Crippen LogP contribution in [0.1, 0.15) is 88.0 Å². The van der Waals surface area contributed by atoms with Crippen molar-refractivity contribution in [1.29, 1.82) is 0 Å². The molecule has 3 aliphatic rings. The van der Waals surface area contributed by atoms with E-state index in [9.17, 15) is 39.6 Å². The number of esters is 2. The van der Waals surface area contributed by atoms with Crippen LogP contribution < -0.4 is 5.32 Å². The zero-order valence-electron chi connectivity index (χ0n) is 35.8. The third kappa shape index (κ3) is 12.5. The molecule has 0 unspecified atom stereocenters. The zero-order valence-corrected chi connectivity index (χ0v) is 35.8. The van der Waals surface area contributed by atoms with Gasteiger partial charge >= 0.3 is 11.9 Å². The predicted molar refractivity (Wildman–Crippen MR) is 215 cm³/mol. The van der Waals surface area contributed by atoms with Crippen molar-refractivity contribution in [3.8, 4) is 0 Å². The highest BCUT2D eigenvalue weighted by Crippen LogP contribution is 2.42. The van der Waals surface area contributed by atoms with Crippen LogP contribution in [-0.4, -0.2) is 101 Å². The maximum absolute atomic E-state index is 13.7. The number of ether oxygens (including phenoxy) is 5. The van der Waals surface area contributed by atoms with E-state index in [1.165, 1.54) is 20.3 Å². The van der Waals surface area contributed by atoms with Crippen LogP contribution in [0.25, 0.3) is 0 Å². The highest BCUT2D eigenvalue weighted by atomic mass is 16.6. The Labute approximate surface area is 342 Å². The average Bonchev–Trinajstić information content (AvgIpc) is 3.48. The van der Waals surface area contributed by atoms with Gasteiger partial charge in [-0.05, 0) is 38.2 Å². The monoisotopic (exact) mass is 815 g/mol. The summed E-state index contributed by atoms with van der Waals surface area (Å²) in [6.45, 7) is 16.5. The van der Waals surface area contributed by atoms with Gasteiger partial charge in [-0.1, -0.05) is 83.9 Å². The molecule has 0 aromatic heterocycles. The van der Waals surface area contributed by atoms with Gasteiger partial charge in [-0.2, -0.15) is 0 Å². The van der Waals surface area contributed by atoms with Gasteiger partial charge in [-0.3, -0.25) is 9.59 Å². The highest BCUT2D eigenvalue weighted by Gasteiger charge is 2.53. The Morgan fingerprint density at radius 2 is 1.71 bits per heavy atom. The molecule has 2 aliphatic heterocycles. The molecule has 3 rings (SSSR count). The quantitative estimate of drug-likeness (QED) is 0.137. The van der Waals surface area contributed by atoms with Gasteiger partial charge in [0.1, 0.15) is 29.8 Å². The lowest BCUT2D eigenvalue weighted by Gasteiger charge is -2.50. The Hall–Kier alpha value is -4.08. The SMILES string of the molecule is CO/C1=C\C(C)=C\[C@@H](C)[C@@H](O)[C@@H](C)CC(C)=C/C=C/[C@H](OC)[C@@H]([C@@H](C)[C@@H](O)[C@H](C)[C@@]2(O)C[C@@H](OC(=O)/C=C/C(=O)NC3=C(O)CCC3=O)[C@H](C)[C@@H](C(C)C)O2)OC1=O. The van der Waals surface area contributed by atoms with Gasteiger partial charge in [0.05, 0.1) is 25.4 Å². The lowest BCUT2D eigenvalue weighted by atomic mass is 9.76. The molecule has 1 amide bonds. The average molecular weight is 816 g/mol. The summed E-state index contributed by atoms with van der Waals surface area (Å²) in [6.07, 6.45) is 5.61. The number of hydrogen-bond acceptors (Lipinski definition) is 13. The molecular weight excluding hydrogens is 750 g/mol. The maximum Gasteiger partial charge on any atom is 0.373 e. The van der Waals surface area contributed by atoms with Gasteiger partial charge in [0.15, 0.2) is 11.6 Å². The number of hydrogen-bond donors (Lipinski definition) is 5. The molecule has 0 aromatic carbocycles. The summed E-state index contributed by atoms with van der Waals surface area (Å²) in [5, 5.41) is 47.4. The number of amides is 1. The smallest absolute Gasteiger partial charge is 0.373 e. The normalized spacial score (nSPS) is 34.6. The van der Waals surface area contributed by atoms with Gasteiger partial charge in [-0.15, -0.1) is 0 Å². The second-order valence-electron chi connectivity index (χ2n) is 16.5. The minimum atomic E-state index is -2.04. The molecule has 0 radical (unpaired) electrons. The van der Waals surface area contributed by atoms with E-state index in [-0.39, 0.29) is 54.2 Å². The first kappa shape index (κ1) is 48.3. The van der Waals surface area contributed by atoms with Gasteiger partial charge < -0.3 is 49.4 Å². The predicted octanol–water partition coefficient (Wildman–Crippen LogP) is 5.05. The molecule has 1 aliphatic carbocycles. The van der Waals surface area contributed by atoms with Crippen molar-refractivity contribution in [3.05, 3.63) is 70.9 Å². The van der Waals surface area contributed by atoms with Gasteiger partial charge in [0.2, 0.25) is 11.7 Å². The van der Waals surface area contributed by atoms with Crippen molar-refractivity contribution in [1.82, 2.24) is 5.32 Å². The van der Waals surface area contributed by atoms with Gasteiger partial charge in [0, 0.05) is 62.2 Å². The summed E-state index contributed by atoms with van der Waals surface area (Å²) in [5.74, 6) is -8.07. The molecule has 58 heavy (non-hydrogen) atoms. The Morgan fingerprint density at radius 1 is 1.03 bits per heavy atom. The fourth-order valence-electron chi connectivity index (χ4n) is 7.95. The van der Waals surface area contributed by atoms with Crippen LogP contribution in [0, 0.1) is 35.5 Å². The van der Waals surface area contributed by atoms with E-state index in [2.05, 4.69) is 5.32 Å². The second kappa shape index (κ2) is 21.3. The number of ketones is 1. The van der Waals surface area contributed by atoms with Crippen molar-refractivity contribution in [3.63, 3.8) is 0 Å². The van der Waals surface area contributed by atoms with Crippen LogP contribution in [0.4, 0.5) is 0 Å². The molecular formula is C44H65NO13. The first-order valence-corrected chi connectivity index (χ1v) is 20.1. The van der Waals surface area contributed by atoms with E-state index in [1.54, 1.807) is 32.9 Å². The Bertz CT molecular complexity index is 1670. The topological polar surface area (TPSA) is 207 Å². The number of carbonyl (C=O) groups excluding carboxylic acids is 4. The number of aliphatic hydroxyl groups excluding tert-OH is 3. The summed E-state index contributed by atoms with van der Waals surface area (Å²) >= 11 is 0. The third-order valence-corrected chi connectivity index (χ3v) is 11.5. The zero-order chi connectivity index (χ0) is 43.6. The number of nitrogens with one attached hydrogen (secondary N) is 1. The molecule has 2 heterocycles. The molecule has 0 saturated carbocycles. The Morgan fingerprint density at radius 3 is 2.29 bits per heavy atom. The fraction of sp³-hybridized carbons (Fsp3) is 0.636. The van der Waals surface area contributed by atoms with Crippen LogP contribution in [0.3, 0.4) is 0 Å². The van der Waals surface area contributed by atoms with E-state index in [1.807, 2.05) is 53.7 Å². The van der Waals surface area contributed by atoms with Crippen molar-refractivity contribution < 1.29 is 63.3 Å². The number of methoxy groups -OCH3 is 2. The largest absolute Gasteiger partial charge is 0.510 e. The molecule has 12 atom stereocenters. The number of allylic oxidation sites excluding steroid dienone is 7. The Kier molecular flexibility index (Phi) is 17.7. The molecule has 1 saturated heterocycles. The molecule has 0 aromatic rings. The molecule has 5 N–H and O–H groups in total. The summed E-state index contributed by atoms with van der Waals surface area (Å²) in [6, 6.07) is 0. The number of carbonyl (C=O) groups is 4. The number of aliphatic hydroxyl groups is 4. The minimum Gasteiger partial charge on any atom is -0.510 e. The summed E-state index contributed by atoms with van der Waals surface area (Å²) in [4.78, 5) is 51.1. The molecule has 0 spiro atoms. The molecule has 14 nitrogen and oxygen atoms in total. The standard InChI is InChI=1S/C44H65NO13/c1-23(2)41-28(7)35(56-37(49)18-17-36(48)45-38-31(46)15-16-32(38)47)22-44(53,58-41)30(9)40(51)29(8)42-33(54-10)14-12-13-24(3)19-26(5)39(50)27(6)20-25(4)21-34(55-11)43(52)57-42/h12-14,17-18,20-21,23,26-30,33,35,39-42,46,50-51,53H,15-16,19,22H2,1-11H3,(H,45,48)/b14-12+,18-17+,24-13?,25-20+,34-21-/t26-,27+,28-,29-,30-,33-,35+,39-,40+,41+,42+,44+/m0/s1. The van der Waals surface area contributed by atoms with E-state index < -0.39 is 83.8 Å². The maximum atomic E-state index is 13.7. The molecule has 0 bridgehead atoms. The van der Waals surface area contributed by atoms with E-state index >= 15 is 0 Å². The van der Waals surface area contributed by atoms with Crippen molar-refractivity contribution >= 4 is 23.6 Å². The third-order valence-electron chi connectivity index (χ3n) is 11.5. The molecule has 324 valence electrons. The molecule has 1 fully saturated rings. The van der Waals surface area contributed by atoms with Crippen LogP contribution >= 0.6 is 0 Å². The highest BCUT2D eigenvalue weighted by molar-refractivity contribution is 6.04. The van der Waals surface area contributed by atoms with Gasteiger partial charge in [-0.25, -0.2) is 9.59 Å². The lowest BCUT2D eigenvalue weighted by molar-refractivity contribution is -0.329. The number of Topliss-reactive ketones (excluding diaryl/α,β-unsaturated/α-hetero) is 1. The summed E-state index contributed by atoms with van der Waals surface area (Å²) in [7, 11) is 2.79. The number of rotatable bonds is 11. The van der Waals surface area contributed by atoms with Crippen LogP contribution in [0.15, 0.2) is 70.9 Å². The lowest BCUT2D eigenvalue weighted by Crippen LogP contribution is -2.59. The minimum absolute atomic E-state index is 0.0594. The van der Waals surface area contributed by atoms with E-state index in [4.69, 9.17) is 23.7 Å². The first-order valence-electron chi connectivity index (χ1n) is 20.1. The molecule has 14 heteroatoms. The van der Waals surface area contributed by atoms with Crippen molar-refractivity contribution in [2.75, 3.05) is 14.2 Å². The van der Waals surface area contributed by atoms with Crippen LogP contribution in [0.5, 0.6) is 0 Å². The van der Waals surface area contributed by atoms with Crippen LogP contribution in [-0.2, 0) is 42.9 Å². The van der Waals surface area contributed by atoms with Gasteiger partial charge in [0.25, 0.3) is 0 Å². The first-order chi connectivity index (χ1) is 27.1. The van der Waals surface area contributed by atoms with E-state index in [0.29, 0.717) is 12.0 Å². The second-order valence-corrected chi connectivity index (χ2v) is 16.5. The van der Waals surface area contributed by atoms with Crippen LogP contribution in [0.2, 0.25) is 0 Å². The Balaban J connectivity index is 1.92. The number of cyclic esters (lactones) is 1. The fourth-order valence-corrected chi connectivity index (χ4v) is 7.95. The van der Waals surface area contributed by atoms with Crippen molar-refractivity contribution in [2.45, 2.75) is 130 Å². The summed E-state index contributed by atoms with van der Waals surface area (Å²) < 4.78 is 29.5. The van der Waals surface area contributed by atoms with E-state index in [0.717, 1.165) is 17.7 Å².